The van der Waals surface area contributed by atoms with E-state index in [9.17, 15) is 18.4 Å². The molecule has 0 saturated carbocycles. The van der Waals surface area contributed by atoms with Crippen molar-refractivity contribution in [2.45, 2.75) is 18.3 Å². The van der Waals surface area contributed by atoms with Crippen molar-refractivity contribution >= 4 is 45.4 Å². The summed E-state index contributed by atoms with van der Waals surface area (Å²) >= 11 is 4.21. The number of benzene rings is 1. The van der Waals surface area contributed by atoms with Crippen LogP contribution in [0.15, 0.2) is 16.6 Å². The van der Waals surface area contributed by atoms with Gasteiger partial charge in [-0.05, 0) is 19.1 Å². The van der Waals surface area contributed by atoms with E-state index in [1.807, 2.05) is 0 Å². The zero-order chi connectivity index (χ0) is 15.7. The van der Waals surface area contributed by atoms with Gasteiger partial charge in [0.15, 0.2) is 11.6 Å². The fourth-order valence-corrected chi connectivity index (χ4v) is 3.54. The topological polar surface area (TPSA) is 69.6 Å². The van der Waals surface area contributed by atoms with E-state index in [1.54, 1.807) is 6.92 Å². The second-order valence-corrected chi connectivity index (χ2v) is 6.63. The lowest BCUT2D eigenvalue weighted by atomic mass is 10.2. The molecule has 1 heterocycles. The van der Waals surface area contributed by atoms with Crippen molar-refractivity contribution in [3.05, 3.63) is 28.2 Å². The molecule has 9 heteroatoms. The first-order valence-corrected chi connectivity index (χ1v) is 7.73. The lowest BCUT2D eigenvalue weighted by Crippen LogP contribution is -2.47. The van der Waals surface area contributed by atoms with E-state index in [1.165, 1.54) is 11.8 Å². The maximum atomic E-state index is 13.7. The Labute approximate surface area is 131 Å². The van der Waals surface area contributed by atoms with Crippen molar-refractivity contribution in [3.63, 3.8) is 0 Å². The van der Waals surface area contributed by atoms with Crippen LogP contribution in [0.25, 0.3) is 0 Å². The molecular formula is C12H11BrF2N2O3S. The van der Waals surface area contributed by atoms with E-state index in [-0.39, 0.29) is 10.2 Å². The number of urea groups is 1. The first-order chi connectivity index (χ1) is 9.81. The molecule has 0 bridgehead atoms. The number of carboxylic acid groups (broad SMARTS) is 1. The first-order valence-electron chi connectivity index (χ1n) is 5.89. The van der Waals surface area contributed by atoms with Gasteiger partial charge in [-0.15, -0.1) is 11.8 Å². The molecule has 21 heavy (non-hydrogen) atoms. The second-order valence-electron chi connectivity index (χ2n) is 4.37. The van der Waals surface area contributed by atoms with Gasteiger partial charge in [0.2, 0.25) is 0 Å². The molecule has 0 aromatic heterocycles. The summed E-state index contributed by atoms with van der Waals surface area (Å²) in [6.45, 7) is 1.65. The van der Waals surface area contributed by atoms with Crippen LogP contribution in [0.4, 0.5) is 19.3 Å². The van der Waals surface area contributed by atoms with Crippen molar-refractivity contribution in [2.24, 2.45) is 0 Å². The van der Waals surface area contributed by atoms with Gasteiger partial charge in [0, 0.05) is 10.2 Å². The van der Waals surface area contributed by atoms with E-state index >= 15 is 0 Å². The van der Waals surface area contributed by atoms with E-state index < -0.39 is 40.7 Å². The van der Waals surface area contributed by atoms with Gasteiger partial charge >= 0.3 is 12.0 Å². The normalized spacial score (nSPS) is 21.4. The molecule has 1 fully saturated rings. The molecule has 0 aliphatic carbocycles. The van der Waals surface area contributed by atoms with Crippen LogP contribution in [-0.2, 0) is 4.79 Å². The van der Waals surface area contributed by atoms with Gasteiger partial charge in [0.25, 0.3) is 0 Å². The Kier molecular flexibility index (Phi) is 4.72. The molecule has 2 amide bonds. The van der Waals surface area contributed by atoms with Crippen molar-refractivity contribution < 1.29 is 23.5 Å². The molecular weight excluding hydrogens is 370 g/mol. The van der Waals surface area contributed by atoms with Crippen LogP contribution >= 0.6 is 27.7 Å². The summed E-state index contributed by atoms with van der Waals surface area (Å²) in [5.41, 5.74) is -0.601. The van der Waals surface area contributed by atoms with E-state index in [4.69, 9.17) is 5.11 Å². The van der Waals surface area contributed by atoms with Crippen LogP contribution in [0, 0.1) is 11.6 Å². The molecule has 2 unspecified atom stereocenters. The monoisotopic (exact) mass is 380 g/mol. The van der Waals surface area contributed by atoms with Crippen molar-refractivity contribution in [1.29, 1.82) is 0 Å². The number of halogens is 3. The maximum Gasteiger partial charge on any atom is 0.327 e. The van der Waals surface area contributed by atoms with E-state index in [0.29, 0.717) is 0 Å². The Balaban J connectivity index is 2.23. The SMILES string of the molecule is CC1SCC(C(=O)O)N1C(=O)Nc1c(F)cc(Br)cc1F. The van der Waals surface area contributed by atoms with Gasteiger partial charge in [0.1, 0.15) is 11.7 Å². The Morgan fingerprint density at radius 3 is 2.52 bits per heavy atom. The van der Waals surface area contributed by atoms with Gasteiger partial charge in [-0.2, -0.15) is 0 Å². The summed E-state index contributed by atoms with van der Waals surface area (Å²) in [4.78, 5) is 24.3. The number of hydrogen-bond acceptors (Lipinski definition) is 3. The molecule has 5 nitrogen and oxygen atoms in total. The number of nitrogens with zero attached hydrogens (tertiary/aromatic N) is 1. The highest BCUT2D eigenvalue weighted by Crippen LogP contribution is 2.30. The molecule has 0 spiro atoms. The number of carbonyl (C=O) groups excluding carboxylic acids is 1. The number of hydrogen-bond donors (Lipinski definition) is 2. The second kappa shape index (κ2) is 6.18. The molecule has 1 saturated heterocycles. The van der Waals surface area contributed by atoms with Crippen LogP contribution in [-0.4, -0.2) is 39.2 Å². The predicted octanol–water partition coefficient (Wildman–Crippen LogP) is 3.11. The Hall–Kier alpha value is -1.35. The van der Waals surface area contributed by atoms with Crippen LogP contribution in [0.3, 0.4) is 0 Å². The minimum atomic E-state index is -1.15. The van der Waals surface area contributed by atoms with E-state index in [0.717, 1.165) is 17.0 Å². The van der Waals surface area contributed by atoms with Gasteiger partial charge in [-0.3, -0.25) is 4.90 Å². The number of carbonyl (C=O) groups is 2. The third-order valence-corrected chi connectivity index (χ3v) is 4.66. The molecule has 2 rings (SSSR count). The lowest BCUT2D eigenvalue weighted by Gasteiger charge is -2.25. The van der Waals surface area contributed by atoms with E-state index in [2.05, 4.69) is 21.2 Å². The smallest absolute Gasteiger partial charge is 0.327 e. The molecule has 2 atom stereocenters. The van der Waals surface area contributed by atoms with Crippen LogP contribution in [0.2, 0.25) is 0 Å². The molecule has 1 aromatic carbocycles. The Bertz CT molecular complexity index is 579. The molecule has 1 aliphatic heterocycles. The average Bonchev–Trinajstić information content (AvgIpc) is 2.75. The highest BCUT2D eigenvalue weighted by Gasteiger charge is 2.39. The van der Waals surface area contributed by atoms with Crippen molar-refractivity contribution in [2.75, 3.05) is 11.1 Å². The van der Waals surface area contributed by atoms with Crippen molar-refractivity contribution in [3.8, 4) is 0 Å². The molecule has 1 aromatic rings. The van der Waals surface area contributed by atoms with Crippen LogP contribution < -0.4 is 5.32 Å². The predicted molar refractivity (Wildman–Crippen MR) is 78.3 cm³/mol. The van der Waals surface area contributed by atoms with Crippen LogP contribution in [0.1, 0.15) is 6.92 Å². The number of anilines is 1. The molecule has 2 N–H and O–H groups in total. The Morgan fingerprint density at radius 1 is 1.43 bits per heavy atom. The minimum Gasteiger partial charge on any atom is -0.480 e. The number of carboxylic acids is 1. The number of thioether (sulfide) groups is 1. The third-order valence-electron chi connectivity index (χ3n) is 2.98. The molecule has 1 aliphatic rings. The first kappa shape index (κ1) is 16.0. The number of rotatable bonds is 2. The fourth-order valence-electron chi connectivity index (χ4n) is 1.97. The number of aliphatic carboxylic acids is 1. The fraction of sp³-hybridized carbons (Fsp3) is 0.333. The van der Waals surface area contributed by atoms with Gasteiger partial charge in [0.05, 0.1) is 5.37 Å². The number of nitrogens with one attached hydrogen (secondary N) is 1. The average molecular weight is 381 g/mol. The minimum absolute atomic E-state index is 0.198. The Morgan fingerprint density at radius 2 is 2.00 bits per heavy atom. The largest absolute Gasteiger partial charge is 0.480 e. The zero-order valence-corrected chi connectivity index (χ0v) is 13.2. The lowest BCUT2D eigenvalue weighted by molar-refractivity contribution is -0.141. The summed E-state index contributed by atoms with van der Waals surface area (Å²) < 4.78 is 27.6. The summed E-state index contributed by atoms with van der Waals surface area (Å²) in [5, 5.41) is 10.8. The van der Waals surface area contributed by atoms with Gasteiger partial charge in [-0.1, -0.05) is 15.9 Å². The molecule has 0 radical (unpaired) electrons. The van der Waals surface area contributed by atoms with Crippen LogP contribution in [0.5, 0.6) is 0 Å². The zero-order valence-electron chi connectivity index (χ0n) is 10.8. The van der Waals surface area contributed by atoms with Crippen molar-refractivity contribution in [1.82, 2.24) is 4.90 Å². The summed E-state index contributed by atoms with van der Waals surface area (Å²) in [6, 6.07) is 0.150. The quantitative estimate of drug-likeness (QED) is 0.826. The highest BCUT2D eigenvalue weighted by atomic mass is 79.9. The highest BCUT2D eigenvalue weighted by molar-refractivity contribution is 9.10. The molecule has 114 valence electrons. The standard InChI is InChI=1S/C12H11BrF2N2O3S/c1-5-17(9(4-21-5)11(18)19)12(20)16-10-7(14)2-6(13)3-8(10)15/h2-3,5,9H,4H2,1H3,(H,16,20)(H,18,19). The number of amides is 2. The summed E-state index contributed by atoms with van der Waals surface area (Å²) in [7, 11) is 0. The maximum absolute atomic E-state index is 13.7. The van der Waals surface area contributed by atoms with Gasteiger partial charge in [-0.25, -0.2) is 18.4 Å². The van der Waals surface area contributed by atoms with Gasteiger partial charge < -0.3 is 10.4 Å². The third kappa shape index (κ3) is 3.29. The summed E-state index contributed by atoms with van der Waals surface area (Å²) in [6.07, 6.45) is 0. The summed E-state index contributed by atoms with van der Waals surface area (Å²) in [5.74, 6) is -2.81.